The lowest BCUT2D eigenvalue weighted by Crippen LogP contribution is -1.91. The fourth-order valence-electron chi connectivity index (χ4n) is 1.92. The van der Waals surface area contributed by atoms with Crippen LogP contribution in [0.3, 0.4) is 0 Å². The Balaban J connectivity index is 2.04. The lowest BCUT2D eigenvalue weighted by molar-refractivity contribution is 0.393. The molecule has 0 bridgehead atoms. The van der Waals surface area contributed by atoms with Crippen LogP contribution < -0.4 is 10.5 Å². The zero-order valence-electron chi connectivity index (χ0n) is 10.5. The number of pyridine rings is 1. The smallest absolute Gasteiger partial charge is 0.219 e. The SMILES string of the molecule is CCc1onc2cccc(Oc3ccc(N)cn3)c12. The maximum Gasteiger partial charge on any atom is 0.219 e. The van der Waals surface area contributed by atoms with Gasteiger partial charge in [0.2, 0.25) is 5.88 Å². The minimum atomic E-state index is 0.491. The number of ether oxygens (including phenoxy) is 1. The molecule has 0 aliphatic rings. The largest absolute Gasteiger partial charge is 0.438 e. The van der Waals surface area contributed by atoms with Gasteiger partial charge in [0.25, 0.3) is 0 Å². The molecule has 5 nitrogen and oxygen atoms in total. The number of rotatable bonds is 3. The van der Waals surface area contributed by atoms with E-state index in [4.69, 9.17) is 15.0 Å². The van der Waals surface area contributed by atoms with Crippen molar-refractivity contribution in [2.24, 2.45) is 0 Å². The van der Waals surface area contributed by atoms with Crippen LogP contribution in [0.2, 0.25) is 0 Å². The van der Waals surface area contributed by atoms with E-state index < -0.39 is 0 Å². The first kappa shape index (κ1) is 11.5. The number of hydrogen-bond donors (Lipinski definition) is 1. The van der Waals surface area contributed by atoms with E-state index in [1.165, 1.54) is 0 Å². The first-order chi connectivity index (χ1) is 9.28. The van der Waals surface area contributed by atoms with Crippen molar-refractivity contribution in [2.45, 2.75) is 13.3 Å². The van der Waals surface area contributed by atoms with E-state index in [1.54, 1.807) is 18.3 Å². The Morgan fingerprint density at radius 1 is 1.26 bits per heavy atom. The summed E-state index contributed by atoms with van der Waals surface area (Å²) in [5.74, 6) is 1.99. The van der Waals surface area contributed by atoms with Gasteiger partial charge in [-0.25, -0.2) is 4.98 Å². The number of aryl methyl sites for hydroxylation is 1. The van der Waals surface area contributed by atoms with Gasteiger partial charge in [-0.05, 0) is 18.2 Å². The van der Waals surface area contributed by atoms with Crippen LogP contribution >= 0.6 is 0 Å². The zero-order valence-corrected chi connectivity index (χ0v) is 10.5. The van der Waals surface area contributed by atoms with Crippen molar-refractivity contribution in [2.75, 3.05) is 5.73 Å². The van der Waals surface area contributed by atoms with Crippen LogP contribution in [0.15, 0.2) is 41.1 Å². The van der Waals surface area contributed by atoms with Crippen LogP contribution in [0.4, 0.5) is 5.69 Å². The molecule has 0 aliphatic carbocycles. The number of hydrogen-bond acceptors (Lipinski definition) is 5. The number of benzene rings is 1. The van der Waals surface area contributed by atoms with E-state index in [1.807, 2.05) is 25.1 Å². The summed E-state index contributed by atoms with van der Waals surface area (Å²) in [6, 6.07) is 9.11. The van der Waals surface area contributed by atoms with Crippen LogP contribution in [0, 0.1) is 0 Å². The van der Waals surface area contributed by atoms with Gasteiger partial charge < -0.3 is 15.0 Å². The molecule has 0 saturated heterocycles. The highest BCUT2D eigenvalue weighted by molar-refractivity contribution is 5.87. The summed E-state index contributed by atoms with van der Waals surface area (Å²) < 4.78 is 11.1. The molecule has 3 aromatic rings. The third kappa shape index (κ3) is 2.10. The molecular weight excluding hydrogens is 242 g/mol. The normalized spacial score (nSPS) is 10.8. The Labute approximate surface area is 110 Å². The summed E-state index contributed by atoms with van der Waals surface area (Å²) in [5.41, 5.74) is 6.98. The van der Waals surface area contributed by atoms with E-state index in [2.05, 4.69) is 10.1 Å². The van der Waals surface area contributed by atoms with Gasteiger partial charge in [-0.15, -0.1) is 0 Å². The van der Waals surface area contributed by atoms with Crippen LogP contribution in [0.25, 0.3) is 10.9 Å². The highest BCUT2D eigenvalue weighted by atomic mass is 16.5. The lowest BCUT2D eigenvalue weighted by atomic mass is 10.1. The molecule has 0 unspecified atom stereocenters. The van der Waals surface area contributed by atoms with Crippen LogP contribution in [-0.2, 0) is 6.42 Å². The molecule has 5 heteroatoms. The Morgan fingerprint density at radius 3 is 2.89 bits per heavy atom. The molecule has 96 valence electrons. The Kier molecular flexibility index (Phi) is 2.79. The topological polar surface area (TPSA) is 74.2 Å². The molecule has 3 rings (SSSR count). The standard InChI is InChI=1S/C14H13N3O2/c1-2-11-14-10(17-19-11)4-3-5-12(14)18-13-7-6-9(15)8-16-13/h3-8H,2,15H2,1H3. The van der Waals surface area contributed by atoms with E-state index in [-0.39, 0.29) is 0 Å². The first-order valence-electron chi connectivity index (χ1n) is 6.04. The molecule has 0 amide bonds. The van der Waals surface area contributed by atoms with Crippen molar-refractivity contribution >= 4 is 16.6 Å². The first-order valence-corrected chi connectivity index (χ1v) is 6.04. The van der Waals surface area contributed by atoms with Crippen LogP contribution in [0.5, 0.6) is 11.6 Å². The fourth-order valence-corrected chi connectivity index (χ4v) is 1.92. The molecule has 2 N–H and O–H groups in total. The zero-order chi connectivity index (χ0) is 13.2. The van der Waals surface area contributed by atoms with Gasteiger partial charge in [0, 0.05) is 12.5 Å². The summed E-state index contributed by atoms with van der Waals surface area (Å²) in [5, 5.41) is 4.90. The van der Waals surface area contributed by atoms with Gasteiger partial charge in [-0.2, -0.15) is 0 Å². The van der Waals surface area contributed by atoms with E-state index >= 15 is 0 Å². The maximum atomic E-state index is 5.78. The monoisotopic (exact) mass is 255 g/mol. The summed E-state index contributed by atoms with van der Waals surface area (Å²) in [4.78, 5) is 4.12. The van der Waals surface area contributed by atoms with Crippen molar-refractivity contribution in [3.63, 3.8) is 0 Å². The quantitative estimate of drug-likeness (QED) is 0.778. The van der Waals surface area contributed by atoms with Crippen LogP contribution in [0.1, 0.15) is 12.7 Å². The second-order valence-electron chi connectivity index (χ2n) is 4.14. The Bertz CT molecular complexity index is 704. The number of nitrogens with zero attached hydrogens (tertiary/aromatic N) is 2. The highest BCUT2D eigenvalue weighted by Gasteiger charge is 2.13. The molecule has 0 fully saturated rings. The fraction of sp³-hybridized carbons (Fsp3) is 0.143. The summed E-state index contributed by atoms with van der Waals surface area (Å²) in [7, 11) is 0. The van der Waals surface area contributed by atoms with Gasteiger partial charge in [0.15, 0.2) is 0 Å². The van der Waals surface area contributed by atoms with Gasteiger partial charge >= 0.3 is 0 Å². The van der Waals surface area contributed by atoms with Gasteiger partial charge in [0.05, 0.1) is 17.3 Å². The average molecular weight is 255 g/mol. The summed E-state index contributed by atoms with van der Waals surface area (Å²) in [6.45, 7) is 2.01. The molecule has 19 heavy (non-hydrogen) atoms. The predicted molar refractivity (Wildman–Crippen MR) is 72.1 cm³/mol. The van der Waals surface area contributed by atoms with E-state index in [9.17, 15) is 0 Å². The lowest BCUT2D eigenvalue weighted by Gasteiger charge is -2.06. The average Bonchev–Trinajstić information content (AvgIpc) is 2.85. The van der Waals surface area contributed by atoms with Gasteiger partial charge in [-0.1, -0.05) is 18.1 Å². The number of fused-ring (bicyclic) bond motifs is 1. The number of nitrogens with two attached hydrogens (primary N) is 1. The Morgan fingerprint density at radius 2 is 2.16 bits per heavy atom. The summed E-state index contributed by atoms with van der Waals surface area (Å²) in [6.07, 6.45) is 2.32. The minimum absolute atomic E-state index is 0.491. The van der Waals surface area contributed by atoms with Crippen molar-refractivity contribution in [3.05, 3.63) is 42.3 Å². The van der Waals surface area contributed by atoms with Crippen molar-refractivity contribution in [3.8, 4) is 11.6 Å². The van der Waals surface area contributed by atoms with Crippen LogP contribution in [-0.4, -0.2) is 10.1 Å². The highest BCUT2D eigenvalue weighted by Crippen LogP contribution is 2.31. The molecule has 2 heterocycles. The van der Waals surface area contributed by atoms with Crippen molar-refractivity contribution in [1.29, 1.82) is 0 Å². The molecule has 0 saturated carbocycles. The molecule has 0 radical (unpaired) electrons. The molecule has 0 aliphatic heterocycles. The number of aromatic nitrogens is 2. The van der Waals surface area contributed by atoms with E-state index in [0.29, 0.717) is 17.3 Å². The summed E-state index contributed by atoms with van der Waals surface area (Å²) >= 11 is 0. The van der Waals surface area contributed by atoms with Crippen molar-refractivity contribution < 1.29 is 9.26 Å². The molecule has 0 spiro atoms. The van der Waals surface area contributed by atoms with E-state index in [0.717, 1.165) is 23.1 Å². The second-order valence-corrected chi connectivity index (χ2v) is 4.14. The molecule has 0 atom stereocenters. The third-order valence-corrected chi connectivity index (χ3v) is 2.83. The Hall–Kier alpha value is -2.56. The number of anilines is 1. The maximum absolute atomic E-state index is 5.78. The van der Waals surface area contributed by atoms with Crippen molar-refractivity contribution in [1.82, 2.24) is 10.1 Å². The number of nitrogen functional groups attached to an aromatic ring is 1. The van der Waals surface area contributed by atoms with Gasteiger partial charge in [-0.3, -0.25) is 0 Å². The molecule has 2 aromatic heterocycles. The van der Waals surface area contributed by atoms with Gasteiger partial charge in [0.1, 0.15) is 17.0 Å². The minimum Gasteiger partial charge on any atom is -0.438 e. The molecule has 1 aromatic carbocycles. The predicted octanol–water partition coefficient (Wildman–Crippen LogP) is 3.16. The third-order valence-electron chi connectivity index (χ3n) is 2.83. The second kappa shape index (κ2) is 4.61. The molecular formula is C14H13N3O2.